The minimum Gasteiger partial charge on any atom is -0.306 e. The maximum atomic E-state index is 3.86. The van der Waals surface area contributed by atoms with Crippen molar-refractivity contribution in [1.82, 2.24) is 5.32 Å². The fraction of sp³-hybridized carbons (Fsp3) is 0.647. The zero-order valence-corrected chi connectivity index (χ0v) is 13.5. The lowest BCUT2D eigenvalue weighted by Crippen LogP contribution is -2.34. The van der Waals surface area contributed by atoms with Gasteiger partial charge >= 0.3 is 0 Å². The van der Waals surface area contributed by atoms with Crippen LogP contribution in [0.2, 0.25) is 0 Å². The first-order valence-electron chi connectivity index (χ1n) is 7.61. The van der Waals surface area contributed by atoms with E-state index in [0.29, 0.717) is 12.1 Å². The summed E-state index contributed by atoms with van der Waals surface area (Å²) < 4.78 is 0. The van der Waals surface area contributed by atoms with Crippen LogP contribution < -0.4 is 5.32 Å². The molecule has 0 aliphatic carbocycles. The Labute approximate surface area is 123 Å². The lowest BCUT2D eigenvalue weighted by Gasteiger charge is -2.25. The number of rotatable bonds is 10. The topological polar surface area (TPSA) is 12.0 Å². The van der Waals surface area contributed by atoms with E-state index in [1.165, 1.54) is 43.4 Å². The molecule has 1 N–H and O–H groups in total. The summed E-state index contributed by atoms with van der Waals surface area (Å²) in [5, 5.41) is 3.86. The lowest BCUT2D eigenvalue weighted by atomic mass is 9.99. The van der Waals surface area contributed by atoms with Crippen LogP contribution in [0, 0.1) is 0 Å². The summed E-state index contributed by atoms with van der Waals surface area (Å²) in [6.07, 6.45) is 8.60. The van der Waals surface area contributed by atoms with Crippen LogP contribution >= 0.6 is 11.8 Å². The van der Waals surface area contributed by atoms with Crippen LogP contribution in [0.3, 0.4) is 0 Å². The van der Waals surface area contributed by atoms with Gasteiger partial charge in [-0.3, -0.25) is 0 Å². The van der Waals surface area contributed by atoms with Crippen LogP contribution in [-0.4, -0.2) is 18.1 Å². The number of unbranched alkanes of at least 4 members (excludes halogenated alkanes) is 2. The Morgan fingerprint density at radius 1 is 1.11 bits per heavy atom. The Morgan fingerprint density at radius 2 is 1.84 bits per heavy atom. The van der Waals surface area contributed by atoms with Crippen LogP contribution in [0.1, 0.15) is 57.6 Å². The van der Waals surface area contributed by atoms with E-state index in [1.54, 1.807) is 0 Å². The smallest absolute Gasteiger partial charge is 0.0322 e. The van der Waals surface area contributed by atoms with Crippen LogP contribution in [0.15, 0.2) is 30.3 Å². The Hall–Kier alpha value is -0.470. The summed E-state index contributed by atoms with van der Waals surface area (Å²) in [4.78, 5) is 0. The summed E-state index contributed by atoms with van der Waals surface area (Å²) >= 11 is 1.94. The molecule has 2 unspecified atom stereocenters. The second kappa shape index (κ2) is 10.3. The van der Waals surface area contributed by atoms with Crippen molar-refractivity contribution in [3.63, 3.8) is 0 Å². The van der Waals surface area contributed by atoms with Crippen molar-refractivity contribution in [2.24, 2.45) is 0 Å². The van der Waals surface area contributed by atoms with Gasteiger partial charge in [0.15, 0.2) is 0 Å². The summed E-state index contributed by atoms with van der Waals surface area (Å²) in [6.45, 7) is 4.55. The summed E-state index contributed by atoms with van der Waals surface area (Å²) in [5.41, 5.74) is 1.44. The van der Waals surface area contributed by atoms with E-state index in [2.05, 4.69) is 55.8 Å². The summed E-state index contributed by atoms with van der Waals surface area (Å²) in [5.74, 6) is 1.20. The van der Waals surface area contributed by atoms with Gasteiger partial charge in [-0.15, -0.1) is 0 Å². The molecule has 0 amide bonds. The molecule has 1 aromatic rings. The highest BCUT2D eigenvalue weighted by molar-refractivity contribution is 7.98. The number of hydrogen-bond acceptors (Lipinski definition) is 2. The Balaban J connectivity index is 2.63. The fourth-order valence-electron chi connectivity index (χ4n) is 2.40. The molecule has 0 aliphatic heterocycles. The molecule has 2 atom stereocenters. The molecule has 0 spiro atoms. The minimum absolute atomic E-state index is 0.518. The summed E-state index contributed by atoms with van der Waals surface area (Å²) in [6, 6.07) is 12.1. The van der Waals surface area contributed by atoms with Crippen molar-refractivity contribution < 1.29 is 0 Å². The SMILES string of the molecule is CCCCCC(NC(CC)CSC)c1ccccc1. The largest absolute Gasteiger partial charge is 0.306 e. The second-order valence-electron chi connectivity index (χ2n) is 5.19. The molecule has 19 heavy (non-hydrogen) atoms. The van der Waals surface area contributed by atoms with Crippen molar-refractivity contribution in [3.8, 4) is 0 Å². The lowest BCUT2D eigenvalue weighted by molar-refractivity contribution is 0.417. The number of hydrogen-bond donors (Lipinski definition) is 1. The van der Waals surface area contributed by atoms with Gasteiger partial charge in [0.2, 0.25) is 0 Å². The van der Waals surface area contributed by atoms with E-state index in [0.717, 1.165) is 0 Å². The Kier molecular flexibility index (Phi) is 9.02. The molecule has 0 bridgehead atoms. The van der Waals surface area contributed by atoms with Crippen LogP contribution in [0.5, 0.6) is 0 Å². The zero-order chi connectivity index (χ0) is 13.9. The molecule has 108 valence electrons. The first-order chi connectivity index (χ1) is 9.31. The molecule has 0 saturated carbocycles. The van der Waals surface area contributed by atoms with Crippen LogP contribution in [0.4, 0.5) is 0 Å². The van der Waals surface area contributed by atoms with E-state index in [1.807, 2.05) is 11.8 Å². The fourth-order valence-corrected chi connectivity index (χ4v) is 3.13. The van der Waals surface area contributed by atoms with E-state index >= 15 is 0 Å². The predicted octanol–water partition coefficient (Wildman–Crippen LogP) is 5.04. The maximum absolute atomic E-state index is 3.86. The molecule has 0 fully saturated rings. The van der Waals surface area contributed by atoms with Crippen molar-refractivity contribution in [1.29, 1.82) is 0 Å². The molecule has 0 aliphatic rings. The highest BCUT2D eigenvalue weighted by Gasteiger charge is 2.15. The Morgan fingerprint density at radius 3 is 2.42 bits per heavy atom. The number of benzene rings is 1. The molecule has 1 aromatic carbocycles. The molecular formula is C17H29NS. The van der Waals surface area contributed by atoms with Crippen LogP contribution in [0.25, 0.3) is 0 Å². The standard InChI is InChI=1S/C17H29NS/c1-4-6-8-13-17(15-11-9-7-10-12-15)18-16(5-2)14-19-3/h7,9-12,16-18H,4-6,8,13-14H2,1-3H3. The molecule has 1 rings (SSSR count). The predicted molar refractivity (Wildman–Crippen MR) is 88.9 cm³/mol. The first-order valence-corrected chi connectivity index (χ1v) is 9.01. The van der Waals surface area contributed by atoms with Gasteiger partial charge in [-0.2, -0.15) is 11.8 Å². The van der Waals surface area contributed by atoms with Crippen molar-refractivity contribution in [2.75, 3.05) is 12.0 Å². The average molecular weight is 279 g/mol. The third-order valence-electron chi connectivity index (χ3n) is 3.60. The van der Waals surface area contributed by atoms with Gasteiger partial charge in [-0.05, 0) is 24.7 Å². The van der Waals surface area contributed by atoms with Gasteiger partial charge < -0.3 is 5.32 Å². The van der Waals surface area contributed by atoms with E-state index in [-0.39, 0.29) is 0 Å². The molecule has 1 nitrogen and oxygen atoms in total. The molecule has 0 saturated heterocycles. The summed E-state index contributed by atoms with van der Waals surface area (Å²) in [7, 11) is 0. The average Bonchev–Trinajstić information content (AvgIpc) is 2.46. The van der Waals surface area contributed by atoms with Gasteiger partial charge in [0.1, 0.15) is 0 Å². The number of nitrogens with one attached hydrogen (secondary N) is 1. The quantitative estimate of drug-likeness (QED) is 0.602. The first kappa shape index (κ1) is 16.6. The van der Waals surface area contributed by atoms with Crippen molar-refractivity contribution in [3.05, 3.63) is 35.9 Å². The molecule has 2 heteroatoms. The van der Waals surface area contributed by atoms with Gasteiger partial charge in [-0.25, -0.2) is 0 Å². The van der Waals surface area contributed by atoms with Crippen molar-refractivity contribution >= 4 is 11.8 Å². The highest BCUT2D eigenvalue weighted by atomic mass is 32.2. The zero-order valence-electron chi connectivity index (χ0n) is 12.7. The van der Waals surface area contributed by atoms with Gasteiger partial charge in [0.05, 0.1) is 0 Å². The maximum Gasteiger partial charge on any atom is 0.0322 e. The minimum atomic E-state index is 0.518. The number of thioether (sulfide) groups is 1. The second-order valence-corrected chi connectivity index (χ2v) is 6.10. The van der Waals surface area contributed by atoms with Gasteiger partial charge in [-0.1, -0.05) is 63.4 Å². The third-order valence-corrected chi connectivity index (χ3v) is 4.33. The molecule has 0 aromatic heterocycles. The van der Waals surface area contributed by atoms with Crippen LogP contribution in [-0.2, 0) is 0 Å². The van der Waals surface area contributed by atoms with E-state index < -0.39 is 0 Å². The van der Waals surface area contributed by atoms with Gasteiger partial charge in [0.25, 0.3) is 0 Å². The van der Waals surface area contributed by atoms with Gasteiger partial charge in [0, 0.05) is 17.8 Å². The van der Waals surface area contributed by atoms with E-state index in [4.69, 9.17) is 0 Å². The molecular weight excluding hydrogens is 250 g/mol. The Bertz CT molecular complexity index is 312. The monoisotopic (exact) mass is 279 g/mol. The van der Waals surface area contributed by atoms with E-state index in [9.17, 15) is 0 Å². The normalized spacial score (nSPS) is 14.3. The third kappa shape index (κ3) is 6.49. The van der Waals surface area contributed by atoms with Crippen molar-refractivity contribution in [2.45, 2.75) is 58.0 Å². The highest BCUT2D eigenvalue weighted by Crippen LogP contribution is 2.21. The molecule has 0 heterocycles. The molecule has 0 radical (unpaired) electrons.